The van der Waals surface area contributed by atoms with Crippen LogP contribution in [0.2, 0.25) is 0 Å². The quantitative estimate of drug-likeness (QED) is 0.496. The average Bonchev–Trinajstić information content (AvgIpc) is 2.57. The van der Waals surface area contributed by atoms with Gasteiger partial charge < -0.3 is 9.73 Å². The van der Waals surface area contributed by atoms with Crippen molar-refractivity contribution >= 4 is 51.2 Å². The third kappa shape index (κ3) is 3.73. The Balaban J connectivity index is 1.82. The Morgan fingerprint density at radius 1 is 1.17 bits per heavy atom. The van der Waals surface area contributed by atoms with Gasteiger partial charge in [0.05, 0.1) is 10.9 Å². The van der Waals surface area contributed by atoms with E-state index in [-0.39, 0.29) is 11.3 Å². The first-order valence-electron chi connectivity index (χ1n) is 7.30. The lowest BCUT2D eigenvalue weighted by atomic mass is 10.1. The Labute approximate surface area is 152 Å². The van der Waals surface area contributed by atoms with Crippen LogP contribution in [0, 0.1) is 10.5 Å². The van der Waals surface area contributed by atoms with Crippen LogP contribution in [-0.2, 0) is 4.79 Å². The standard InChI is InChI=1S/C19H14INO3/c1-12-2-8-17-16(10-12)19(23)13(11-24-17)3-9-18(22)21-15-6-4-14(20)5-7-15/h2-11H,1H3,(H,21,22)/b9-3+. The van der Waals surface area contributed by atoms with E-state index in [9.17, 15) is 9.59 Å². The van der Waals surface area contributed by atoms with E-state index in [1.807, 2.05) is 37.3 Å². The number of halogens is 1. The maximum Gasteiger partial charge on any atom is 0.248 e. The number of benzene rings is 2. The van der Waals surface area contributed by atoms with Gasteiger partial charge in [0, 0.05) is 15.3 Å². The second kappa shape index (κ2) is 7.00. The topological polar surface area (TPSA) is 59.3 Å². The van der Waals surface area contributed by atoms with Gasteiger partial charge in [-0.25, -0.2) is 0 Å². The molecule has 0 aliphatic rings. The van der Waals surface area contributed by atoms with Gasteiger partial charge >= 0.3 is 0 Å². The van der Waals surface area contributed by atoms with Gasteiger partial charge in [-0.2, -0.15) is 0 Å². The van der Waals surface area contributed by atoms with Crippen LogP contribution >= 0.6 is 22.6 Å². The number of hydrogen-bond acceptors (Lipinski definition) is 3. The fourth-order valence-electron chi connectivity index (χ4n) is 2.26. The van der Waals surface area contributed by atoms with E-state index in [1.165, 1.54) is 18.4 Å². The molecule has 0 saturated carbocycles. The molecule has 0 spiro atoms. The summed E-state index contributed by atoms with van der Waals surface area (Å²) in [6, 6.07) is 12.9. The fourth-order valence-corrected chi connectivity index (χ4v) is 2.62. The molecule has 5 heteroatoms. The molecule has 1 amide bonds. The van der Waals surface area contributed by atoms with E-state index >= 15 is 0 Å². The largest absolute Gasteiger partial charge is 0.463 e. The summed E-state index contributed by atoms with van der Waals surface area (Å²) in [4.78, 5) is 24.4. The van der Waals surface area contributed by atoms with Crippen LogP contribution in [0.5, 0.6) is 0 Å². The zero-order valence-electron chi connectivity index (χ0n) is 12.9. The second-order valence-electron chi connectivity index (χ2n) is 5.35. The first kappa shape index (κ1) is 16.4. The van der Waals surface area contributed by atoms with E-state index in [0.29, 0.717) is 22.2 Å². The number of rotatable bonds is 3. The van der Waals surface area contributed by atoms with Gasteiger partial charge in [0.2, 0.25) is 5.91 Å². The smallest absolute Gasteiger partial charge is 0.248 e. The molecule has 0 aliphatic carbocycles. The van der Waals surface area contributed by atoms with Crippen LogP contribution in [0.1, 0.15) is 11.1 Å². The molecular formula is C19H14INO3. The van der Waals surface area contributed by atoms with Gasteiger partial charge in [-0.3, -0.25) is 9.59 Å². The van der Waals surface area contributed by atoms with Crippen molar-refractivity contribution in [2.75, 3.05) is 5.32 Å². The molecule has 0 unspecified atom stereocenters. The van der Waals surface area contributed by atoms with Crippen LogP contribution < -0.4 is 10.7 Å². The second-order valence-corrected chi connectivity index (χ2v) is 6.59. The van der Waals surface area contributed by atoms with E-state index in [2.05, 4.69) is 27.9 Å². The molecule has 0 radical (unpaired) electrons. The average molecular weight is 431 g/mol. The van der Waals surface area contributed by atoms with Crippen LogP contribution in [-0.4, -0.2) is 5.91 Å². The molecular weight excluding hydrogens is 417 g/mol. The van der Waals surface area contributed by atoms with E-state index < -0.39 is 0 Å². The Bertz CT molecular complexity index is 988. The van der Waals surface area contributed by atoms with Gasteiger partial charge in [0.1, 0.15) is 11.8 Å². The predicted molar refractivity (Wildman–Crippen MR) is 104 cm³/mol. The molecule has 1 aromatic heterocycles. The van der Waals surface area contributed by atoms with Crippen molar-refractivity contribution in [3.63, 3.8) is 0 Å². The first-order valence-corrected chi connectivity index (χ1v) is 8.37. The molecule has 3 aromatic rings. The van der Waals surface area contributed by atoms with Crippen molar-refractivity contribution in [1.82, 2.24) is 0 Å². The zero-order chi connectivity index (χ0) is 17.1. The summed E-state index contributed by atoms with van der Waals surface area (Å²) >= 11 is 2.20. The Morgan fingerprint density at radius 2 is 1.92 bits per heavy atom. The molecule has 1 heterocycles. The number of carbonyl (C=O) groups is 1. The molecule has 1 N–H and O–H groups in total. The van der Waals surface area contributed by atoms with Crippen molar-refractivity contribution in [3.8, 4) is 0 Å². The van der Waals surface area contributed by atoms with E-state index in [4.69, 9.17) is 4.42 Å². The number of anilines is 1. The van der Waals surface area contributed by atoms with Gasteiger partial charge in [-0.1, -0.05) is 11.6 Å². The summed E-state index contributed by atoms with van der Waals surface area (Å²) in [7, 11) is 0. The highest BCUT2D eigenvalue weighted by Crippen LogP contribution is 2.14. The van der Waals surface area contributed by atoms with Crippen LogP contribution in [0.4, 0.5) is 5.69 Å². The molecule has 24 heavy (non-hydrogen) atoms. The summed E-state index contributed by atoms with van der Waals surface area (Å²) in [5.41, 5.74) is 2.40. The summed E-state index contributed by atoms with van der Waals surface area (Å²) in [6.45, 7) is 1.91. The summed E-state index contributed by atoms with van der Waals surface area (Å²) in [6.07, 6.45) is 4.16. The molecule has 2 aromatic carbocycles. The van der Waals surface area contributed by atoms with E-state index in [0.717, 1.165) is 9.13 Å². The molecule has 120 valence electrons. The monoisotopic (exact) mass is 431 g/mol. The maximum atomic E-state index is 12.4. The number of aryl methyl sites for hydroxylation is 1. The lowest BCUT2D eigenvalue weighted by Gasteiger charge is -2.02. The van der Waals surface area contributed by atoms with Crippen molar-refractivity contribution in [2.45, 2.75) is 6.92 Å². The molecule has 0 saturated heterocycles. The highest BCUT2D eigenvalue weighted by atomic mass is 127. The summed E-state index contributed by atoms with van der Waals surface area (Å²) < 4.78 is 6.55. The minimum absolute atomic E-state index is 0.154. The Hall–Kier alpha value is -2.41. The van der Waals surface area contributed by atoms with Crippen LogP contribution in [0.3, 0.4) is 0 Å². The lowest BCUT2D eigenvalue weighted by molar-refractivity contribution is -0.111. The minimum Gasteiger partial charge on any atom is -0.463 e. The van der Waals surface area contributed by atoms with Crippen molar-refractivity contribution in [3.05, 3.63) is 79.7 Å². The lowest BCUT2D eigenvalue weighted by Crippen LogP contribution is -2.09. The number of nitrogens with one attached hydrogen (secondary N) is 1. The van der Waals surface area contributed by atoms with Crippen LogP contribution in [0.25, 0.3) is 17.0 Å². The zero-order valence-corrected chi connectivity index (χ0v) is 15.0. The highest BCUT2D eigenvalue weighted by molar-refractivity contribution is 14.1. The Morgan fingerprint density at radius 3 is 2.67 bits per heavy atom. The molecule has 3 rings (SSSR count). The van der Waals surface area contributed by atoms with Gasteiger partial charge in [-0.05, 0) is 72.0 Å². The molecule has 0 atom stereocenters. The van der Waals surface area contributed by atoms with E-state index in [1.54, 1.807) is 12.1 Å². The summed E-state index contributed by atoms with van der Waals surface area (Å²) in [5, 5.41) is 3.25. The summed E-state index contributed by atoms with van der Waals surface area (Å²) in [5.74, 6) is -0.306. The third-order valence-corrected chi connectivity index (χ3v) is 4.20. The first-order chi connectivity index (χ1) is 11.5. The number of fused-ring (bicyclic) bond motifs is 1. The van der Waals surface area contributed by atoms with Crippen molar-refractivity contribution in [1.29, 1.82) is 0 Å². The molecule has 0 fully saturated rings. The van der Waals surface area contributed by atoms with Gasteiger partial charge in [0.25, 0.3) is 0 Å². The number of hydrogen-bond donors (Lipinski definition) is 1. The minimum atomic E-state index is -0.306. The Kier molecular flexibility index (Phi) is 4.80. The fraction of sp³-hybridized carbons (Fsp3) is 0.0526. The predicted octanol–water partition coefficient (Wildman–Crippen LogP) is 4.36. The highest BCUT2D eigenvalue weighted by Gasteiger charge is 2.05. The molecule has 0 aliphatic heterocycles. The molecule has 4 nitrogen and oxygen atoms in total. The van der Waals surface area contributed by atoms with Crippen molar-refractivity contribution in [2.24, 2.45) is 0 Å². The maximum absolute atomic E-state index is 12.4. The number of carbonyl (C=O) groups excluding carboxylic acids is 1. The van der Waals surface area contributed by atoms with Gasteiger partial charge in [-0.15, -0.1) is 0 Å². The molecule has 0 bridgehead atoms. The SMILES string of the molecule is Cc1ccc2occ(/C=C/C(=O)Nc3ccc(I)cc3)c(=O)c2c1. The number of amides is 1. The van der Waals surface area contributed by atoms with Crippen LogP contribution in [0.15, 0.2) is 64.0 Å². The third-order valence-electron chi connectivity index (χ3n) is 3.48. The normalized spacial score (nSPS) is 11.1. The van der Waals surface area contributed by atoms with Crippen molar-refractivity contribution < 1.29 is 9.21 Å². The van der Waals surface area contributed by atoms with Gasteiger partial charge in [0.15, 0.2) is 5.43 Å².